The van der Waals surface area contributed by atoms with Gasteiger partial charge >= 0.3 is 0 Å². The summed E-state index contributed by atoms with van der Waals surface area (Å²) in [5.41, 5.74) is 0. The molecule has 6 heteroatoms. The third-order valence-electron chi connectivity index (χ3n) is 2.08. The summed E-state index contributed by atoms with van der Waals surface area (Å²) in [7, 11) is 0. The fourth-order valence-electron chi connectivity index (χ4n) is 1.46. The van der Waals surface area contributed by atoms with Crippen LogP contribution < -0.4 is 5.32 Å². The smallest absolute Gasteiger partial charge is 0.0692 e. The summed E-state index contributed by atoms with van der Waals surface area (Å²) >= 11 is 0. The number of nitrogens with zero attached hydrogens (tertiary/aromatic N) is 3. The molecule has 1 aromatic rings. The molecule has 76 valence electrons. The van der Waals surface area contributed by atoms with E-state index in [1.807, 2.05) is 10.9 Å². The summed E-state index contributed by atoms with van der Waals surface area (Å²) in [5, 5.41) is 11.0. The van der Waals surface area contributed by atoms with Crippen LogP contribution in [0.15, 0.2) is 12.4 Å². The molecule has 2 heterocycles. The predicted molar refractivity (Wildman–Crippen MR) is 55.5 cm³/mol. The molecule has 1 aliphatic heterocycles. The summed E-state index contributed by atoms with van der Waals surface area (Å²) < 4.78 is 1.90. The number of rotatable bonds is 2. The third kappa shape index (κ3) is 3.50. The Hall–Kier alpha value is -0.320. The van der Waals surface area contributed by atoms with Crippen LogP contribution in [0.2, 0.25) is 0 Å². The van der Waals surface area contributed by atoms with Gasteiger partial charge in [-0.25, -0.2) is 0 Å². The summed E-state index contributed by atoms with van der Waals surface area (Å²) in [6.07, 6.45) is 4.90. The minimum Gasteiger partial charge on any atom is -0.316 e. The number of hydrogen-bond acceptors (Lipinski definition) is 3. The Labute approximate surface area is 89.9 Å². The Morgan fingerprint density at radius 1 is 1.46 bits per heavy atom. The quantitative estimate of drug-likeness (QED) is 0.806. The molecule has 0 aliphatic carbocycles. The van der Waals surface area contributed by atoms with Gasteiger partial charge in [0.25, 0.3) is 0 Å². The van der Waals surface area contributed by atoms with Gasteiger partial charge in [0, 0.05) is 12.7 Å². The molecule has 1 aromatic heterocycles. The van der Waals surface area contributed by atoms with Crippen molar-refractivity contribution in [2.24, 2.45) is 5.92 Å². The van der Waals surface area contributed by atoms with Gasteiger partial charge in [-0.15, -0.1) is 29.9 Å². The van der Waals surface area contributed by atoms with Crippen molar-refractivity contribution in [2.75, 3.05) is 13.1 Å². The normalized spacial score (nSPS) is 20.5. The van der Waals surface area contributed by atoms with Gasteiger partial charge in [0.1, 0.15) is 0 Å². The molecule has 1 fully saturated rings. The van der Waals surface area contributed by atoms with Crippen molar-refractivity contribution >= 4 is 24.8 Å². The van der Waals surface area contributed by atoms with E-state index < -0.39 is 0 Å². The lowest BCUT2D eigenvalue weighted by Gasteiger charge is -2.05. The first-order valence-electron chi connectivity index (χ1n) is 4.00. The Bertz CT molecular complexity index is 208. The van der Waals surface area contributed by atoms with Crippen molar-refractivity contribution in [2.45, 2.75) is 13.0 Å². The Balaban J connectivity index is 0.000000720. The highest BCUT2D eigenvalue weighted by atomic mass is 35.5. The predicted octanol–water partition coefficient (Wildman–Crippen LogP) is 0.731. The maximum absolute atomic E-state index is 3.92. The lowest BCUT2D eigenvalue weighted by molar-refractivity contribution is 0.441. The average molecular weight is 225 g/mol. The van der Waals surface area contributed by atoms with Gasteiger partial charge in [-0.05, 0) is 25.4 Å². The highest BCUT2D eigenvalue weighted by Crippen LogP contribution is 2.08. The van der Waals surface area contributed by atoms with Crippen LogP contribution in [0.5, 0.6) is 0 Å². The van der Waals surface area contributed by atoms with Gasteiger partial charge in [-0.1, -0.05) is 5.21 Å². The van der Waals surface area contributed by atoms with Gasteiger partial charge in [0.15, 0.2) is 0 Å². The molecular weight excluding hydrogens is 211 g/mol. The summed E-state index contributed by atoms with van der Waals surface area (Å²) in [4.78, 5) is 0. The largest absolute Gasteiger partial charge is 0.316 e. The summed E-state index contributed by atoms with van der Waals surface area (Å²) in [6.45, 7) is 3.28. The van der Waals surface area contributed by atoms with Gasteiger partial charge in [-0.2, -0.15) is 0 Å². The minimum atomic E-state index is 0. The van der Waals surface area contributed by atoms with E-state index in [9.17, 15) is 0 Å². The molecule has 1 N–H and O–H groups in total. The van der Waals surface area contributed by atoms with Crippen molar-refractivity contribution in [3.05, 3.63) is 12.4 Å². The molecule has 0 bridgehead atoms. The molecule has 4 nitrogen and oxygen atoms in total. The first kappa shape index (κ1) is 12.7. The van der Waals surface area contributed by atoms with Crippen LogP contribution in [0, 0.1) is 5.92 Å². The van der Waals surface area contributed by atoms with Crippen molar-refractivity contribution in [1.29, 1.82) is 0 Å². The molecule has 0 spiro atoms. The second kappa shape index (κ2) is 6.18. The highest BCUT2D eigenvalue weighted by Gasteiger charge is 2.14. The van der Waals surface area contributed by atoms with Crippen LogP contribution in [-0.2, 0) is 6.54 Å². The van der Waals surface area contributed by atoms with Gasteiger partial charge in [0.05, 0.1) is 6.20 Å². The zero-order valence-corrected chi connectivity index (χ0v) is 8.85. The molecule has 0 radical (unpaired) electrons. The topological polar surface area (TPSA) is 42.7 Å². The average Bonchev–Trinajstić information content (AvgIpc) is 2.60. The van der Waals surface area contributed by atoms with Crippen molar-refractivity contribution in [3.63, 3.8) is 0 Å². The molecule has 1 unspecified atom stereocenters. The zero-order chi connectivity index (χ0) is 7.52. The number of halogens is 2. The van der Waals surface area contributed by atoms with E-state index >= 15 is 0 Å². The van der Waals surface area contributed by atoms with E-state index in [4.69, 9.17) is 0 Å². The Kier molecular flexibility index (Phi) is 6.03. The molecular formula is C7H14Cl2N4. The molecule has 1 aliphatic rings. The van der Waals surface area contributed by atoms with E-state index in [1.54, 1.807) is 6.20 Å². The minimum absolute atomic E-state index is 0. The number of nitrogens with one attached hydrogen (secondary N) is 1. The standard InChI is InChI=1S/C7H12N4.2ClH/c1-2-8-5-7(1)6-11-4-3-9-10-11;;/h3-4,7-8H,1-2,5-6H2;2*1H. The second-order valence-electron chi connectivity index (χ2n) is 2.98. The highest BCUT2D eigenvalue weighted by molar-refractivity contribution is 5.85. The van der Waals surface area contributed by atoms with Crippen molar-refractivity contribution in [1.82, 2.24) is 20.3 Å². The molecule has 0 aromatic carbocycles. The first-order chi connectivity index (χ1) is 5.45. The molecule has 0 amide bonds. The maximum atomic E-state index is 3.92. The maximum Gasteiger partial charge on any atom is 0.0692 e. The second-order valence-corrected chi connectivity index (χ2v) is 2.98. The first-order valence-corrected chi connectivity index (χ1v) is 4.00. The van der Waals surface area contributed by atoms with Crippen LogP contribution in [0.25, 0.3) is 0 Å². The monoisotopic (exact) mass is 224 g/mol. The molecule has 13 heavy (non-hydrogen) atoms. The van der Waals surface area contributed by atoms with E-state index in [-0.39, 0.29) is 24.8 Å². The van der Waals surface area contributed by atoms with E-state index in [0.29, 0.717) is 0 Å². The Morgan fingerprint density at radius 2 is 2.31 bits per heavy atom. The van der Waals surface area contributed by atoms with Crippen molar-refractivity contribution < 1.29 is 0 Å². The lowest BCUT2D eigenvalue weighted by Crippen LogP contribution is -2.14. The summed E-state index contributed by atoms with van der Waals surface area (Å²) in [5.74, 6) is 0.747. The lowest BCUT2D eigenvalue weighted by atomic mass is 10.1. The van der Waals surface area contributed by atoms with Gasteiger partial charge < -0.3 is 5.32 Å². The van der Waals surface area contributed by atoms with Crippen LogP contribution in [0.1, 0.15) is 6.42 Å². The van der Waals surface area contributed by atoms with E-state index in [2.05, 4.69) is 15.6 Å². The van der Waals surface area contributed by atoms with Gasteiger partial charge in [-0.3, -0.25) is 4.68 Å². The van der Waals surface area contributed by atoms with E-state index in [0.717, 1.165) is 25.6 Å². The van der Waals surface area contributed by atoms with Crippen LogP contribution in [0.4, 0.5) is 0 Å². The fraction of sp³-hybridized carbons (Fsp3) is 0.714. The SMILES string of the molecule is Cl.Cl.c1cn(CC2CCNC2)nn1. The molecule has 0 saturated carbocycles. The number of hydrogen-bond donors (Lipinski definition) is 1. The summed E-state index contributed by atoms with van der Waals surface area (Å²) in [6, 6.07) is 0. The molecule has 1 saturated heterocycles. The number of aromatic nitrogens is 3. The van der Waals surface area contributed by atoms with Crippen LogP contribution in [-0.4, -0.2) is 28.1 Å². The van der Waals surface area contributed by atoms with Crippen LogP contribution >= 0.6 is 24.8 Å². The fourth-order valence-corrected chi connectivity index (χ4v) is 1.46. The van der Waals surface area contributed by atoms with Crippen molar-refractivity contribution in [3.8, 4) is 0 Å². The molecule has 2 rings (SSSR count). The molecule has 1 atom stereocenters. The van der Waals surface area contributed by atoms with Crippen LogP contribution in [0.3, 0.4) is 0 Å². The Morgan fingerprint density at radius 3 is 2.85 bits per heavy atom. The zero-order valence-electron chi connectivity index (χ0n) is 7.22. The van der Waals surface area contributed by atoms with E-state index in [1.165, 1.54) is 6.42 Å². The third-order valence-corrected chi connectivity index (χ3v) is 2.08. The van der Waals surface area contributed by atoms with Gasteiger partial charge in [0.2, 0.25) is 0 Å².